The second-order valence-corrected chi connectivity index (χ2v) is 4.38. The van der Waals surface area contributed by atoms with E-state index < -0.39 is 0 Å². The monoisotopic (exact) mass is 167 g/mol. The van der Waals surface area contributed by atoms with Crippen molar-refractivity contribution in [2.24, 2.45) is 10.4 Å². The fourth-order valence-electron chi connectivity index (χ4n) is 1.79. The Kier molecular flexibility index (Phi) is 1.74. The topological polar surface area (TPSA) is 36.4 Å². The van der Waals surface area contributed by atoms with Crippen LogP contribution in [0.1, 0.15) is 26.7 Å². The van der Waals surface area contributed by atoms with Gasteiger partial charge in [0.2, 0.25) is 0 Å². The Bertz CT molecular complexity index is 208. The van der Waals surface area contributed by atoms with Gasteiger partial charge in [0, 0.05) is 12.6 Å². The molecular formula is C9H17N3. The zero-order valence-corrected chi connectivity index (χ0v) is 7.85. The number of nitrogens with one attached hydrogen (secondary N) is 2. The lowest BCUT2D eigenvalue weighted by molar-refractivity contribution is 0.126. The van der Waals surface area contributed by atoms with Crippen molar-refractivity contribution in [3.63, 3.8) is 0 Å². The molecular weight excluding hydrogens is 150 g/mol. The lowest BCUT2D eigenvalue weighted by Gasteiger charge is -2.45. The number of hydrogen-bond acceptors (Lipinski definition) is 3. The summed E-state index contributed by atoms with van der Waals surface area (Å²) in [5.74, 6) is 1.01. The Morgan fingerprint density at radius 3 is 2.83 bits per heavy atom. The molecule has 1 atom stereocenters. The lowest BCUT2D eigenvalue weighted by Crippen LogP contribution is -2.54. The van der Waals surface area contributed by atoms with Gasteiger partial charge in [-0.05, 0) is 18.3 Å². The highest BCUT2D eigenvalue weighted by Gasteiger charge is 2.38. The number of hydrogen-bond donors (Lipinski definition) is 2. The van der Waals surface area contributed by atoms with Crippen molar-refractivity contribution < 1.29 is 0 Å². The van der Waals surface area contributed by atoms with Crippen molar-refractivity contribution in [3.05, 3.63) is 0 Å². The fourth-order valence-corrected chi connectivity index (χ4v) is 1.79. The van der Waals surface area contributed by atoms with E-state index in [9.17, 15) is 0 Å². The maximum atomic E-state index is 4.32. The van der Waals surface area contributed by atoms with Crippen LogP contribution in [0.5, 0.6) is 0 Å². The van der Waals surface area contributed by atoms with E-state index in [1.165, 1.54) is 12.8 Å². The minimum Gasteiger partial charge on any atom is -0.355 e. The van der Waals surface area contributed by atoms with Gasteiger partial charge in [-0.2, -0.15) is 0 Å². The Labute approximate surface area is 73.6 Å². The second kappa shape index (κ2) is 2.64. The number of rotatable bonds is 1. The van der Waals surface area contributed by atoms with Crippen molar-refractivity contribution in [1.82, 2.24) is 10.6 Å². The molecule has 68 valence electrons. The maximum Gasteiger partial charge on any atom is 0.191 e. The summed E-state index contributed by atoms with van der Waals surface area (Å²) in [6, 6.07) is 0.627. The molecule has 0 amide bonds. The van der Waals surface area contributed by atoms with Gasteiger partial charge in [0.1, 0.15) is 0 Å². The average Bonchev–Trinajstić information content (AvgIpc) is 2.50. The first kappa shape index (κ1) is 7.90. The van der Waals surface area contributed by atoms with Gasteiger partial charge in [-0.1, -0.05) is 13.8 Å². The molecule has 3 heteroatoms. The van der Waals surface area contributed by atoms with Crippen molar-refractivity contribution in [3.8, 4) is 0 Å². The quantitative estimate of drug-likeness (QED) is 0.604. The van der Waals surface area contributed by atoms with Crippen LogP contribution in [0.15, 0.2) is 4.99 Å². The number of guanidine groups is 1. The summed E-state index contributed by atoms with van der Waals surface area (Å²) >= 11 is 0. The number of nitrogens with zero attached hydrogens (tertiary/aromatic N) is 1. The van der Waals surface area contributed by atoms with Crippen molar-refractivity contribution in [2.45, 2.75) is 32.7 Å². The molecule has 0 radical (unpaired) electrons. The van der Waals surface area contributed by atoms with E-state index in [1.54, 1.807) is 0 Å². The molecule has 0 bridgehead atoms. The van der Waals surface area contributed by atoms with Crippen LogP contribution < -0.4 is 10.6 Å². The molecule has 12 heavy (non-hydrogen) atoms. The molecule has 1 heterocycles. The highest BCUT2D eigenvalue weighted by atomic mass is 15.2. The van der Waals surface area contributed by atoms with Crippen LogP contribution in [0.2, 0.25) is 0 Å². The molecule has 0 aromatic rings. The lowest BCUT2D eigenvalue weighted by atomic mass is 9.67. The maximum absolute atomic E-state index is 4.32. The molecule has 0 aromatic heterocycles. The van der Waals surface area contributed by atoms with E-state index in [0.29, 0.717) is 11.5 Å². The SMILES string of the molecule is CC1(C)CCC1NC1=NCCN1. The van der Waals surface area contributed by atoms with Gasteiger partial charge in [0.05, 0.1) is 6.54 Å². The smallest absolute Gasteiger partial charge is 0.191 e. The van der Waals surface area contributed by atoms with Gasteiger partial charge >= 0.3 is 0 Å². The molecule has 1 aliphatic heterocycles. The van der Waals surface area contributed by atoms with Gasteiger partial charge < -0.3 is 10.6 Å². The Morgan fingerprint density at radius 2 is 2.42 bits per heavy atom. The van der Waals surface area contributed by atoms with Crippen molar-refractivity contribution >= 4 is 5.96 Å². The predicted molar refractivity (Wildman–Crippen MR) is 50.2 cm³/mol. The van der Waals surface area contributed by atoms with E-state index in [1.807, 2.05) is 0 Å². The van der Waals surface area contributed by atoms with Crippen LogP contribution in [0.3, 0.4) is 0 Å². The van der Waals surface area contributed by atoms with Crippen LogP contribution in [0.4, 0.5) is 0 Å². The first-order valence-electron chi connectivity index (χ1n) is 4.73. The first-order valence-corrected chi connectivity index (χ1v) is 4.73. The van der Waals surface area contributed by atoms with E-state index >= 15 is 0 Å². The Hall–Kier alpha value is -0.730. The van der Waals surface area contributed by atoms with Crippen LogP contribution in [0.25, 0.3) is 0 Å². The molecule has 2 rings (SSSR count). The van der Waals surface area contributed by atoms with E-state index in [0.717, 1.165) is 19.0 Å². The molecule has 1 unspecified atom stereocenters. The molecule has 2 N–H and O–H groups in total. The number of aliphatic imine (C=N–C) groups is 1. The van der Waals surface area contributed by atoms with Gasteiger partial charge in [0.15, 0.2) is 5.96 Å². The minimum atomic E-state index is 0.465. The molecule has 1 fully saturated rings. The summed E-state index contributed by atoms with van der Waals surface area (Å²) in [4.78, 5) is 4.32. The predicted octanol–water partition coefficient (Wildman–Crippen LogP) is 0.724. The van der Waals surface area contributed by atoms with Crippen LogP contribution in [-0.2, 0) is 0 Å². The third-order valence-corrected chi connectivity index (χ3v) is 3.01. The molecule has 1 saturated carbocycles. The zero-order chi connectivity index (χ0) is 8.60. The summed E-state index contributed by atoms with van der Waals surface area (Å²) in [6.45, 7) is 6.54. The molecule has 0 saturated heterocycles. The molecule has 0 spiro atoms. The molecule has 1 aliphatic carbocycles. The van der Waals surface area contributed by atoms with Gasteiger partial charge in [-0.3, -0.25) is 4.99 Å². The largest absolute Gasteiger partial charge is 0.355 e. The van der Waals surface area contributed by atoms with Gasteiger partial charge in [-0.15, -0.1) is 0 Å². The summed E-state index contributed by atoms with van der Waals surface area (Å²) < 4.78 is 0. The summed E-state index contributed by atoms with van der Waals surface area (Å²) in [6.07, 6.45) is 2.62. The van der Waals surface area contributed by atoms with Gasteiger partial charge in [0.25, 0.3) is 0 Å². The fraction of sp³-hybridized carbons (Fsp3) is 0.889. The second-order valence-electron chi connectivity index (χ2n) is 4.38. The van der Waals surface area contributed by atoms with Crippen molar-refractivity contribution in [2.75, 3.05) is 13.1 Å². The highest BCUT2D eigenvalue weighted by molar-refractivity contribution is 5.81. The highest BCUT2D eigenvalue weighted by Crippen LogP contribution is 2.39. The van der Waals surface area contributed by atoms with Crippen LogP contribution in [-0.4, -0.2) is 25.1 Å². The minimum absolute atomic E-state index is 0.465. The average molecular weight is 167 g/mol. The first-order chi connectivity index (χ1) is 5.68. The molecule has 2 aliphatic rings. The molecule has 3 nitrogen and oxygen atoms in total. The zero-order valence-electron chi connectivity index (χ0n) is 7.85. The van der Waals surface area contributed by atoms with Crippen LogP contribution in [0, 0.1) is 5.41 Å². The Balaban J connectivity index is 1.87. The normalized spacial score (nSPS) is 31.8. The van der Waals surface area contributed by atoms with Crippen molar-refractivity contribution in [1.29, 1.82) is 0 Å². The van der Waals surface area contributed by atoms with Gasteiger partial charge in [-0.25, -0.2) is 0 Å². The Morgan fingerprint density at radius 1 is 1.58 bits per heavy atom. The summed E-state index contributed by atoms with van der Waals surface area (Å²) in [5, 5.41) is 6.68. The standard InChI is InChI=1S/C9H17N3/c1-9(2)4-3-7(9)12-8-10-5-6-11-8/h7H,3-6H2,1-2H3,(H2,10,11,12). The molecule has 0 aromatic carbocycles. The van der Waals surface area contributed by atoms with Crippen LogP contribution >= 0.6 is 0 Å². The summed E-state index contributed by atoms with van der Waals surface area (Å²) in [5.41, 5.74) is 0.465. The third-order valence-electron chi connectivity index (χ3n) is 3.01. The van der Waals surface area contributed by atoms with E-state index in [4.69, 9.17) is 0 Å². The summed E-state index contributed by atoms with van der Waals surface area (Å²) in [7, 11) is 0. The van der Waals surface area contributed by atoms with E-state index in [2.05, 4.69) is 29.5 Å². The third kappa shape index (κ3) is 1.28. The van der Waals surface area contributed by atoms with E-state index in [-0.39, 0.29) is 0 Å².